The molecule has 0 aliphatic carbocycles. The second kappa shape index (κ2) is 8.84. The summed E-state index contributed by atoms with van der Waals surface area (Å²) in [7, 11) is 1.54. The zero-order chi connectivity index (χ0) is 21.0. The number of hydrogen-bond donors (Lipinski definition) is 0. The number of halogens is 1. The van der Waals surface area contributed by atoms with Gasteiger partial charge in [0.15, 0.2) is 5.82 Å². The number of hydrogen-bond acceptors (Lipinski definition) is 7. The molecule has 1 aromatic heterocycles. The molecular weight excluding hydrogens is 374 g/mol. The average molecular weight is 402 g/mol. The molecule has 0 N–H and O–H groups in total. The van der Waals surface area contributed by atoms with Crippen molar-refractivity contribution in [1.82, 2.24) is 9.97 Å². The number of methoxy groups -OCH3 is 1. The average Bonchev–Trinajstić information content (AvgIpc) is 2.46. The summed E-state index contributed by atoms with van der Waals surface area (Å²) in [4.78, 5) is 34.3. The number of aromatic nitrogens is 2. The number of ether oxygens (including phenoxy) is 3. The summed E-state index contributed by atoms with van der Waals surface area (Å²) in [5.41, 5.74) is -1.27. The highest BCUT2D eigenvalue weighted by Crippen LogP contribution is 2.28. The lowest BCUT2D eigenvalue weighted by molar-refractivity contribution is 0.0427. The van der Waals surface area contributed by atoms with E-state index in [1.165, 1.54) is 6.33 Å². The Hall–Kier alpha value is -1.93. The van der Waals surface area contributed by atoms with Gasteiger partial charge in [0.2, 0.25) is 0 Å². The first-order chi connectivity index (χ1) is 12.2. The van der Waals surface area contributed by atoms with E-state index < -0.39 is 23.4 Å². The number of rotatable bonds is 4. The maximum Gasteiger partial charge on any atom is 0.425 e. The third kappa shape index (κ3) is 7.30. The van der Waals surface area contributed by atoms with Crippen LogP contribution in [0.15, 0.2) is 6.33 Å². The summed E-state index contributed by atoms with van der Waals surface area (Å²) in [5, 5.41) is 0.112. The van der Waals surface area contributed by atoms with Gasteiger partial charge < -0.3 is 14.2 Å². The van der Waals surface area contributed by atoms with Crippen LogP contribution in [0.4, 0.5) is 15.4 Å². The number of anilines is 1. The predicted octanol–water partition coefficient (Wildman–Crippen LogP) is 4.38. The molecule has 1 heterocycles. The lowest BCUT2D eigenvalue weighted by Crippen LogP contribution is -2.44. The number of imide groups is 1. The second-order valence-electron chi connectivity index (χ2n) is 8.01. The van der Waals surface area contributed by atoms with Crippen LogP contribution in [0.1, 0.15) is 54.0 Å². The van der Waals surface area contributed by atoms with Crippen molar-refractivity contribution in [1.29, 1.82) is 0 Å². The quantitative estimate of drug-likeness (QED) is 0.691. The minimum atomic E-state index is -0.919. The number of carbonyl (C=O) groups excluding carboxylic acids is 2. The molecule has 0 aliphatic rings. The van der Waals surface area contributed by atoms with Crippen molar-refractivity contribution < 1.29 is 23.8 Å². The van der Waals surface area contributed by atoms with E-state index in [0.29, 0.717) is 5.56 Å². The monoisotopic (exact) mass is 401 g/mol. The highest BCUT2D eigenvalue weighted by atomic mass is 35.5. The first kappa shape index (κ1) is 23.1. The Bertz CT molecular complexity index is 655. The van der Waals surface area contributed by atoms with E-state index in [1.54, 1.807) is 48.7 Å². The molecule has 0 saturated carbocycles. The van der Waals surface area contributed by atoms with Gasteiger partial charge in [0.05, 0.1) is 6.10 Å². The highest BCUT2D eigenvalue weighted by Gasteiger charge is 2.35. The van der Waals surface area contributed by atoms with Crippen molar-refractivity contribution >= 4 is 29.6 Å². The third-order valence-corrected chi connectivity index (χ3v) is 3.45. The van der Waals surface area contributed by atoms with Gasteiger partial charge in [0, 0.05) is 19.1 Å². The van der Waals surface area contributed by atoms with Gasteiger partial charge in [0.1, 0.15) is 22.7 Å². The largest absolute Gasteiger partial charge is 0.443 e. The van der Waals surface area contributed by atoms with Crippen LogP contribution in [0.2, 0.25) is 5.15 Å². The highest BCUT2D eigenvalue weighted by molar-refractivity contribution is 6.30. The molecule has 0 saturated heterocycles. The predicted molar refractivity (Wildman–Crippen MR) is 102 cm³/mol. The van der Waals surface area contributed by atoms with Crippen LogP contribution in [0.3, 0.4) is 0 Å². The van der Waals surface area contributed by atoms with Gasteiger partial charge in [-0.15, -0.1) is 0 Å². The maximum atomic E-state index is 12.8. The number of amides is 2. The standard InChI is InChI=1S/C18H28ClN3O5/c1-11(25-8)9-12-13(19)20-10-21-14(12)22(15(23)26-17(2,3)4)16(24)27-18(5,6)7/h10-11H,9H2,1-8H3. The first-order valence-electron chi connectivity index (χ1n) is 8.53. The molecule has 0 aromatic carbocycles. The molecular formula is C18H28ClN3O5. The lowest BCUT2D eigenvalue weighted by Gasteiger charge is -2.29. The SMILES string of the molecule is COC(C)Cc1c(Cl)ncnc1N(C(=O)OC(C)(C)C)C(=O)OC(C)(C)C. The Morgan fingerprint density at radius 3 is 1.96 bits per heavy atom. The molecule has 0 aliphatic heterocycles. The van der Waals surface area contributed by atoms with E-state index in [4.69, 9.17) is 25.8 Å². The van der Waals surface area contributed by atoms with Crippen LogP contribution < -0.4 is 4.90 Å². The third-order valence-electron chi connectivity index (χ3n) is 3.13. The van der Waals surface area contributed by atoms with Crippen LogP contribution in [0, 0.1) is 0 Å². The molecule has 9 heteroatoms. The Morgan fingerprint density at radius 2 is 1.56 bits per heavy atom. The van der Waals surface area contributed by atoms with Crippen molar-refractivity contribution in [3.63, 3.8) is 0 Å². The van der Waals surface area contributed by atoms with Gasteiger partial charge in [-0.1, -0.05) is 11.6 Å². The van der Waals surface area contributed by atoms with Gasteiger partial charge in [-0.2, -0.15) is 4.90 Å². The molecule has 0 radical (unpaired) electrons. The van der Waals surface area contributed by atoms with Crippen LogP contribution in [0.5, 0.6) is 0 Å². The summed E-state index contributed by atoms with van der Waals surface area (Å²) in [5.74, 6) is 0.00222. The Morgan fingerprint density at radius 1 is 1.07 bits per heavy atom. The molecule has 0 spiro atoms. The second-order valence-corrected chi connectivity index (χ2v) is 8.37. The van der Waals surface area contributed by atoms with Crippen LogP contribution in [-0.2, 0) is 20.6 Å². The van der Waals surface area contributed by atoms with Gasteiger partial charge in [-0.25, -0.2) is 19.6 Å². The zero-order valence-corrected chi connectivity index (χ0v) is 17.9. The molecule has 8 nitrogen and oxygen atoms in total. The van der Waals surface area contributed by atoms with E-state index in [-0.39, 0.29) is 23.5 Å². The minimum Gasteiger partial charge on any atom is -0.443 e. The fourth-order valence-corrected chi connectivity index (χ4v) is 2.19. The van der Waals surface area contributed by atoms with Crippen molar-refractivity contribution in [2.75, 3.05) is 12.0 Å². The van der Waals surface area contributed by atoms with Gasteiger partial charge in [-0.3, -0.25) is 0 Å². The van der Waals surface area contributed by atoms with E-state index in [0.717, 1.165) is 4.90 Å². The van der Waals surface area contributed by atoms with Gasteiger partial charge in [-0.05, 0) is 48.5 Å². The molecule has 2 amide bonds. The zero-order valence-electron chi connectivity index (χ0n) is 17.1. The van der Waals surface area contributed by atoms with Crippen molar-refractivity contribution in [2.45, 2.75) is 72.2 Å². The Kier molecular flexibility index (Phi) is 7.57. The Labute approximate surface area is 165 Å². The smallest absolute Gasteiger partial charge is 0.425 e. The molecule has 1 aromatic rings. The fraction of sp³-hybridized carbons (Fsp3) is 0.667. The molecule has 0 fully saturated rings. The summed E-state index contributed by atoms with van der Waals surface area (Å²) in [6.07, 6.45) is -0.629. The normalized spacial score (nSPS) is 13.1. The summed E-state index contributed by atoms with van der Waals surface area (Å²) < 4.78 is 16.0. The van der Waals surface area contributed by atoms with Crippen LogP contribution >= 0.6 is 11.6 Å². The molecule has 1 atom stereocenters. The van der Waals surface area contributed by atoms with Crippen LogP contribution in [-0.4, -0.2) is 46.6 Å². The van der Waals surface area contributed by atoms with Crippen molar-refractivity contribution in [3.05, 3.63) is 17.0 Å². The molecule has 1 unspecified atom stereocenters. The summed E-state index contributed by atoms with van der Waals surface area (Å²) >= 11 is 6.21. The molecule has 0 bridgehead atoms. The van der Waals surface area contributed by atoms with Crippen molar-refractivity contribution in [3.8, 4) is 0 Å². The van der Waals surface area contributed by atoms with E-state index >= 15 is 0 Å². The summed E-state index contributed by atoms with van der Waals surface area (Å²) in [6.45, 7) is 12.0. The molecule has 1 rings (SSSR count). The topological polar surface area (TPSA) is 90.9 Å². The van der Waals surface area contributed by atoms with Crippen molar-refractivity contribution in [2.24, 2.45) is 0 Å². The van der Waals surface area contributed by atoms with E-state index in [9.17, 15) is 9.59 Å². The van der Waals surface area contributed by atoms with Crippen LogP contribution in [0.25, 0.3) is 0 Å². The van der Waals surface area contributed by atoms with Gasteiger partial charge >= 0.3 is 12.2 Å². The van der Waals surface area contributed by atoms with E-state index in [2.05, 4.69) is 9.97 Å². The van der Waals surface area contributed by atoms with E-state index in [1.807, 2.05) is 6.92 Å². The lowest BCUT2D eigenvalue weighted by atomic mass is 10.1. The number of carbonyl (C=O) groups is 2. The van der Waals surface area contributed by atoms with Gasteiger partial charge in [0.25, 0.3) is 0 Å². The fourth-order valence-electron chi connectivity index (χ4n) is 1.98. The molecule has 27 heavy (non-hydrogen) atoms. The molecule has 152 valence electrons. The maximum absolute atomic E-state index is 12.8. The number of nitrogens with zero attached hydrogens (tertiary/aromatic N) is 3. The summed E-state index contributed by atoms with van der Waals surface area (Å²) in [6, 6.07) is 0. The minimum absolute atomic E-state index is 0.00222. The Balaban J connectivity index is 3.44. The first-order valence-corrected chi connectivity index (χ1v) is 8.91.